The molecule has 4 rings (SSSR count). The van der Waals surface area contributed by atoms with E-state index in [1.54, 1.807) is 0 Å². The van der Waals surface area contributed by atoms with Crippen LogP contribution in [0.4, 0.5) is 5.69 Å². The van der Waals surface area contributed by atoms with E-state index in [1.807, 2.05) is 62.1 Å². The van der Waals surface area contributed by atoms with Crippen molar-refractivity contribution in [1.29, 1.82) is 0 Å². The third kappa shape index (κ3) is 2.04. The third-order valence-corrected chi connectivity index (χ3v) is 5.64. The maximum absolute atomic E-state index is 13.3. The summed E-state index contributed by atoms with van der Waals surface area (Å²) in [6, 6.07) is 6.97. The number of para-hydroxylation sites is 1. The fourth-order valence-corrected chi connectivity index (χ4v) is 4.41. The van der Waals surface area contributed by atoms with Gasteiger partial charge >= 0.3 is 0 Å². The minimum absolute atomic E-state index is 0.00607. The summed E-state index contributed by atoms with van der Waals surface area (Å²) in [5, 5.41) is 0. The molecule has 1 aromatic carbocycles. The number of Topliss-reactive ketones (excluding diaryl/α,β-unsaturated/α-hetero) is 1. The maximum Gasteiger partial charge on any atom is 0.235 e. The molecule has 0 aliphatic carbocycles. The molecule has 25 heavy (non-hydrogen) atoms. The zero-order valence-electron chi connectivity index (χ0n) is 14.9. The van der Waals surface area contributed by atoms with Crippen molar-refractivity contribution in [3.8, 4) is 0 Å². The van der Waals surface area contributed by atoms with Gasteiger partial charge in [0, 0.05) is 18.2 Å². The Morgan fingerprint density at radius 3 is 2.36 bits per heavy atom. The molecule has 0 saturated carbocycles. The number of hydrogen-bond donors (Lipinski definition) is 0. The summed E-state index contributed by atoms with van der Waals surface area (Å²) in [6.07, 6.45) is 3.97. The molecule has 0 N–H and O–H groups in total. The number of imide groups is 1. The Kier molecular flexibility index (Phi) is 3.24. The van der Waals surface area contributed by atoms with Crippen molar-refractivity contribution in [2.75, 3.05) is 11.9 Å². The van der Waals surface area contributed by atoms with Gasteiger partial charge in [0.2, 0.25) is 11.8 Å². The van der Waals surface area contributed by atoms with Crippen molar-refractivity contribution in [2.24, 2.45) is 17.3 Å². The molecule has 130 valence electrons. The van der Waals surface area contributed by atoms with Crippen molar-refractivity contribution in [3.05, 3.63) is 35.9 Å². The molecule has 1 aromatic rings. The second-order valence-electron chi connectivity index (χ2n) is 8.16. The third-order valence-electron chi connectivity index (χ3n) is 5.64. The van der Waals surface area contributed by atoms with E-state index in [9.17, 15) is 14.4 Å². The summed E-state index contributed by atoms with van der Waals surface area (Å²) in [4.78, 5) is 42.0. The Bertz CT molecular complexity index is 820. The van der Waals surface area contributed by atoms with Crippen LogP contribution in [0.3, 0.4) is 0 Å². The lowest BCUT2D eigenvalue weighted by Crippen LogP contribution is -2.51. The lowest BCUT2D eigenvalue weighted by atomic mass is 9.79. The monoisotopic (exact) mass is 338 g/mol. The first-order valence-electron chi connectivity index (χ1n) is 8.65. The van der Waals surface area contributed by atoms with E-state index < -0.39 is 23.3 Å². The minimum atomic E-state index is -0.609. The highest BCUT2D eigenvalue weighted by Crippen LogP contribution is 2.49. The lowest BCUT2D eigenvalue weighted by molar-refractivity contribution is -0.140. The van der Waals surface area contributed by atoms with E-state index in [1.165, 1.54) is 11.9 Å². The van der Waals surface area contributed by atoms with E-state index >= 15 is 0 Å². The average molecular weight is 338 g/mol. The number of carbonyl (C=O) groups is 3. The molecule has 0 bridgehead atoms. The normalized spacial score (nSPS) is 30.4. The van der Waals surface area contributed by atoms with Gasteiger partial charge in [-0.25, -0.2) is 0 Å². The highest BCUT2D eigenvalue weighted by molar-refractivity contribution is 6.11. The van der Waals surface area contributed by atoms with Gasteiger partial charge in [-0.2, -0.15) is 0 Å². The van der Waals surface area contributed by atoms with E-state index in [2.05, 4.69) is 0 Å². The standard InChI is InChI=1S/C20H22N2O3/c1-20(2,3)17(23)16-15-14(18(24)21(4)19(15)25)13-10-9-11-7-5-6-8-12(11)22(13)16/h5-10,13-16H,1-4H3/t13-,14-,15-,16?/m1/s1. The number of anilines is 1. The fraction of sp³-hybridized carbons (Fsp3) is 0.450. The lowest BCUT2D eigenvalue weighted by Gasteiger charge is -2.38. The Morgan fingerprint density at radius 1 is 1.04 bits per heavy atom. The van der Waals surface area contributed by atoms with Crippen LogP contribution in [0.1, 0.15) is 26.3 Å². The number of hydrogen-bond acceptors (Lipinski definition) is 4. The van der Waals surface area contributed by atoms with Crippen molar-refractivity contribution in [2.45, 2.75) is 32.9 Å². The van der Waals surface area contributed by atoms with Crippen molar-refractivity contribution < 1.29 is 14.4 Å². The van der Waals surface area contributed by atoms with Crippen LogP contribution in [-0.4, -0.2) is 41.6 Å². The molecule has 4 atom stereocenters. The first-order valence-corrected chi connectivity index (χ1v) is 8.65. The van der Waals surface area contributed by atoms with Gasteiger partial charge in [0.15, 0.2) is 5.78 Å². The summed E-state index contributed by atoms with van der Waals surface area (Å²) in [7, 11) is 1.52. The van der Waals surface area contributed by atoms with Gasteiger partial charge in [0.25, 0.3) is 0 Å². The number of ketones is 1. The van der Waals surface area contributed by atoms with Gasteiger partial charge in [0.05, 0.1) is 17.9 Å². The van der Waals surface area contributed by atoms with Gasteiger partial charge in [-0.1, -0.05) is 51.1 Å². The van der Waals surface area contributed by atoms with E-state index in [4.69, 9.17) is 0 Å². The van der Waals surface area contributed by atoms with E-state index in [0.29, 0.717) is 0 Å². The molecule has 0 spiro atoms. The van der Waals surface area contributed by atoms with Crippen LogP contribution in [0.2, 0.25) is 0 Å². The summed E-state index contributed by atoms with van der Waals surface area (Å²) in [5.41, 5.74) is 1.35. The summed E-state index contributed by atoms with van der Waals surface area (Å²) < 4.78 is 0. The zero-order valence-corrected chi connectivity index (χ0v) is 14.9. The Hall–Kier alpha value is -2.43. The second kappa shape index (κ2) is 5.04. The smallest absolute Gasteiger partial charge is 0.235 e. The quantitative estimate of drug-likeness (QED) is 0.736. The van der Waals surface area contributed by atoms with Gasteiger partial charge in [-0.15, -0.1) is 0 Å². The van der Waals surface area contributed by atoms with Crippen LogP contribution in [0.5, 0.6) is 0 Å². The van der Waals surface area contributed by atoms with Crippen LogP contribution in [0, 0.1) is 17.3 Å². The fourth-order valence-electron chi connectivity index (χ4n) is 4.41. The minimum Gasteiger partial charge on any atom is -0.353 e. The highest BCUT2D eigenvalue weighted by atomic mass is 16.2. The molecule has 2 fully saturated rings. The molecule has 3 heterocycles. The molecule has 2 amide bonds. The van der Waals surface area contributed by atoms with Crippen molar-refractivity contribution in [1.82, 2.24) is 4.90 Å². The predicted octanol–water partition coefficient (Wildman–Crippen LogP) is 2.12. The number of amides is 2. The molecular formula is C20H22N2O3. The number of nitrogens with zero attached hydrogens (tertiary/aromatic N) is 2. The molecule has 0 aromatic heterocycles. The predicted molar refractivity (Wildman–Crippen MR) is 94.8 cm³/mol. The van der Waals surface area contributed by atoms with Crippen molar-refractivity contribution >= 4 is 29.4 Å². The highest BCUT2D eigenvalue weighted by Gasteiger charge is 2.63. The van der Waals surface area contributed by atoms with Crippen LogP contribution in [-0.2, 0) is 14.4 Å². The van der Waals surface area contributed by atoms with Crippen LogP contribution >= 0.6 is 0 Å². The average Bonchev–Trinajstić information content (AvgIpc) is 3.03. The number of rotatable bonds is 1. The number of likely N-dealkylation sites (tertiary alicyclic amines) is 1. The van der Waals surface area contributed by atoms with E-state index in [0.717, 1.165) is 11.3 Å². The van der Waals surface area contributed by atoms with Gasteiger partial charge in [-0.3, -0.25) is 19.3 Å². The molecule has 3 aliphatic heterocycles. The molecule has 5 nitrogen and oxygen atoms in total. The maximum atomic E-state index is 13.3. The Labute approximate surface area is 147 Å². The van der Waals surface area contributed by atoms with Gasteiger partial charge < -0.3 is 4.90 Å². The Balaban J connectivity index is 1.91. The molecule has 5 heteroatoms. The first kappa shape index (κ1) is 16.1. The van der Waals surface area contributed by atoms with Crippen molar-refractivity contribution in [3.63, 3.8) is 0 Å². The molecular weight excluding hydrogens is 316 g/mol. The van der Waals surface area contributed by atoms with E-state index in [-0.39, 0.29) is 23.6 Å². The van der Waals surface area contributed by atoms with Crippen LogP contribution in [0.15, 0.2) is 30.3 Å². The number of fused-ring (bicyclic) bond motifs is 5. The van der Waals surface area contributed by atoms with Crippen LogP contribution < -0.4 is 4.90 Å². The first-order chi connectivity index (χ1) is 11.7. The molecule has 2 saturated heterocycles. The topological polar surface area (TPSA) is 57.7 Å². The van der Waals surface area contributed by atoms with Gasteiger partial charge in [-0.05, 0) is 11.6 Å². The molecule has 1 unspecified atom stereocenters. The van der Waals surface area contributed by atoms with Gasteiger partial charge in [0.1, 0.15) is 6.04 Å². The summed E-state index contributed by atoms with van der Waals surface area (Å²) in [5.74, 6) is -1.51. The molecule has 0 radical (unpaired) electrons. The zero-order chi connectivity index (χ0) is 18.1. The number of carbonyl (C=O) groups excluding carboxylic acids is 3. The molecule has 3 aliphatic rings. The SMILES string of the molecule is CN1C(=O)[C@@H]2[C@H]3C=Cc4ccccc4N3C(C(=O)C(C)(C)C)[C@@H]2C1=O. The Morgan fingerprint density at radius 2 is 1.68 bits per heavy atom. The van der Waals surface area contributed by atoms with Crippen LogP contribution in [0.25, 0.3) is 6.08 Å². The summed E-state index contributed by atoms with van der Waals surface area (Å²) in [6.45, 7) is 5.61. The summed E-state index contributed by atoms with van der Waals surface area (Å²) >= 11 is 0. The number of benzene rings is 1. The largest absolute Gasteiger partial charge is 0.353 e. The second-order valence-corrected chi connectivity index (χ2v) is 8.16.